The smallest absolute Gasteiger partial charge is 0.150 e. The maximum Gasteiger partial charge on any atom is 0.150 e. The van der Waals surface area contributed by atoms with Gasteiger partial charge < -0.3 is 10.1 Å². The predicted molar refractivity (Wildman–Crippen MR) is 93.9 cm³/mol. The highest BCUT2D eigenvalue weighted by Gasteiger charge is 2.17. The molecular weight excluding hydrogens is 314 g/mol. The Morgan fingerprint density at radius 2 is 1.88 bits per heavy atom. The Hall–Kier alpha value is -3.48. The first-order valence-corrected chi connectivity index (χ1v) is 7.85. The first-order chi connectivity index (χ1) is 12.1. The summed E-state index contributed by atoms with van der Waals surface area (Å²) in [6.45, 7) is 2.77. The Balaban J connectivity index is 3.08. The number of allylic oxidation sites excluding steroid dienone is 2. The second-order valence-electron chi connectivity index (χ2n) is 5.51. The molecule has 1 atom stereocenters. The molecule has 1 aromatic rings. The van der Waals surface area contributed by atoms with Crippen LogP contribution in [0.5, 0.6) is 5.75 Å². The molecule has 0 saturated heterocycles. The molecule has 1 aromatic carbocycles. The zero-order valence-electron chi connectivity index (χ0n) is 14.3. The zero-order chi connectivity index (χ0) is 18.7. The third-order valence-corrected chi connectivity index (χ3v) is 3.70. The summed E-state index contributed by atoms with van der Waals surface area (Å²) in [6, 6.07) is 12.7. The molecule has 0 aromatic heterocycles. The molecule has 0 aliphatic carbocycles. The van der Waals surface area contributed by atoms with E-state index in [0.717, 1.165) is 12.8 Å². The monoisotopic (exact) mass is 333 g/mol. The molecule has 6 heteroatoms. The van der Waals surface area contributed by atoms with E-state index in [9.17, 15) is 5.26 Å². The Bertz CT molecular complexity index is 783. The molecule has 0 amide bonds. The molecule has 6 nitrogen and oxygen atoms in total. The Morgan fingerprint density at radius 1 is 1.16 bits per heavy atom. The van der Waals surface area contributed by atoms with E-state index >= 15 is 0 Å². The first-order valence-electron chi connectivity index (χ1n) is 7.85. The highest BCUT2D eigenvalue weighted by Crippen LogP contribution is 2.34. The normalized spacial score (nSPS) is 10.3. The highest BCUT2D eigenvalue weighted by atomic mass is 16.5. The molecule has 0 heterocycles. The van der Waals surface area contributed by atoms with Gasteiger partial charge in [-0.15, -0.1) is 0 Å². The number of hydrogen-bond acceptors (Lipinski definition) is 6. The summed E-state index contributed by atoms with van der Waals surface area (Å²) in [4.78, 5) is 0. The average molecular weight is 333 g/mol. The Labute approximate surface area is 148 Å². The zero-order valence-corrected chi connectivity index (χ0v) is 14.3. The lowest BCUT2D eigenvalue weighted by Gasteiger charge is -2.17. The van der Waals surface area contributed by atoms with Crippen LogP contribution in [0.2, 0.25) is 0 Å². The molecule has 0 radical (unpaired) electrons. The van der Waals surface area contributed by atoms with Crippen LogP contribution in [0.4, 0.5) is 5.69 Å². The fourth-order valence-corrected chi connectivity index (χ4v) is 2.40. The van der Waals surface area contributed by atoms with E-state index in [1.165, 1.54) is 7.11 Å². The van der Waals surface area contributed by atoms with Crippen molar-refractivity contribution in [2.45, 2.75) is 26.2 Å². The summed E-state index contributed by atoms with van der Waals surface area (Å²) in [5, 5.41) is 39.3. The topological polar surface area (TPSA) is 116 Å². The number of nitriles is 4. The van der Waals surface area contributed by atoms with Crippen molar-refractivity contribution in [2.24, 2.45) is 5.92 Å². The highest BCUT2D eigenvalue weighted by molar-refractivity contribution is 5.89. The van der Waals surface area contributed by atoms with Gasteiger partial charge in [-0.2, -0.15) is 21.0 Å². The fourth-order valence-electron chi connectivity index (χ4n) is 2.40. The van der Waals surface area contributed by atoms with Crippen LogP contribution < -0.4 is 10.1 Å². The van der Waals surface area contributed by atoms with Crippen molar-refractivity contribution in [3.8, 4) is 30.0 Å². The van der Waals surface area contributed by atoms with Crippen LogP contribution in [-0.2, 0) is 0 Å². The Morgan fingerprint density at radius 3 is 2.44 bits per heavy atom. The van der Waals surface area contributed by atoms with E-state index in [1.54, 1.807) is 24.3 Å². The fraction of sp³-hybridized carbons (Fsp3) is 0.368. The number of unbranched alkanes of at least 4 members (excludes halogenated alkanes) is 1. The molecule has 126 valence electrons. The molecule has 0 aliphatic rings. The minimum Gasteiger partial charge on any atom is -0.494 e. The summed E-state index contributed by atoms with van der Waals surface area (Å²) in [5.74, 6) is 0.785. The van der Waals surface area contributed by atoms with E-state index in [4.69, 9.17) is 20.5 Å². The number of anilines is 1. The summed E-state index contributed by atoms with van der Waals surface area (Å²) >= 11 is 0. The van der Waals surface area contributed by atoms with Gasteiger partial charge in [0.2, 0.25) is 0 Å². The van der Waals surface area contributed by atoms with E-state index < -0.39 is 0 Å². The quantitative estimate of drug-likeness (QED) is 0.572. The van der Waals surface area contributed by atoms with Crippen molar-refractivity contribution < 1.29 is 4.74 Å². The number of methoxy groups -OCH3 is 1. The van der Waals surface area contributed by atoms with Gasteiger partial charge in [0.15, 0.2) is 5.75 Å². The van der Waals surface area contributed by atoms with Crippen LogP contribution in [0.3, 0.4) is 0 Å². The molecule has 0 bridgehead atoms. The lowest BCUT2D eigenvalue weighted by Crippen LogP contribution is -2.12. The van der Waals surface area contributed by atoms with Gasteiger partial charge in [0, 0.05) is 18.5 Å². The van der Waals surface area contributed by atoms with E-state index in [0.29, 0.717) is 35.9 Å². The third-order valence-electron chi connectivity index (χ3n) is 3.70. The van der Waals surface area contributed by atoms with E-state index in [1.807, 2.05) is 12.1 Å². The number of benzene rings is 1. The van der Waals surface area contributed by atoms with Crippen LogP contribution in [0.1, 0.15) is 31.7 Å². The molecule has 0 aliphatic heterocycles. The number of para-hydroxylation sites is 1. The standard InChI is InChI=1S/C19H19N5O/c1-14(6-3-4-9-20)13-24-18-8-5-7-16(19(18)25-2)17(12-23)15(10-21)11-22/h5,7-8,14,24H,3-4,6,13H2,1-2H3. The number of nitrogens with zero attached hydrogens (tertiary/aromatic N) is 4. The van der Waals surface area contributed by atoms with Gasteiger partial charge in [0.1, 0.15) is 23.8 Å². The van der Waals surface area contributed by atoms with Gasteiger partial charge in [-0.1, -0.05) is 13.0 Å². The Kier molecular flexibility index (Phi) is 8.08. The lowest BCUT2D eigenvalue weighted by atomic mass is 10.00. The molecule has 0 saturated carbocycles. The number of nitrogens with one attached hydrogen (secondary N) is 1. The van der Waals surface area contributed by atoms with E-state index in [-0.39, 0.29) is 11.1 Å². The minimum absolute atomic E-state index is 0.00688. The maximum atomic E-state index is 9.35. The van der Waals surface area contributed by atoms with Crippen molar-refractivity contribution in [2.75, 3.05) is 19.0 Å². The second-order valence-corrected chi connectivity index (χ2v) is 5.51. The van der Waals surface area contributed by atoms with Crippen molar-refractivity contribution in [1.29, 1.82) is 21.0 Å². The van der Waals surface area contributed by atoms with Gasteiger partial charge in [-0.3, -0.25) is 0 Å². The molecule has 0 spiro atoms. The second kappa shape index (κ2) is 10.3. The van der Waals surface area contributed by atoms with Gasteiger partial charge in [0.25, 0.3) is 0 Å². The van der Waals surface area contributed by atoms with E-state index in [2.05, 4.69) is 18.3 Å². The minimum atomic E-state index is -0.247. The van der Waals surface area contributed by atoms with Gasteiger partial charge >= 0.3 is 0 Å². The number of hydrogen-bond donors (Lipinski definition) is 1. The van der Waals surface area contributed by atoms with Crippen LogP contribution in [0.15, 0.2) is 23.8 Å². The molecular formula is C19H19N5O. The molecule has 25 heavy (non-hydrogen) atoms. The predicted octanol–water partition coefficient (Wildman–Crippen LogP) is 3.76. The van der Waals surface area contributed by atoms with Crippen molar-refractivity contribution >= 4 is 11.3 Å². The largest absolute Gasteiger partial charge is 0.494 e. The first kappa shape index (κ1) is 19.6. The molecule has 0 fully saturated rings. The molecule has 1 unspecified atom stereocenters. The summed E-state index contributed by atoms with van der Waals surface area (Å²) in [6.07, 6.45) is 2.33. The van der Waals surface area contributed by atoms with Crippen LogP contribution in [0.25, 0.3) is 5.57 Å². The van der Waals surface area contributed by atoms with Gasteiger partial charge in [-0.25, -0.2) is 0 Å². The third kappa shape index (κ3) is 5.28. The van der Waals surface area contributed by atoms with Crippen LogP contribution in [-0.4, -0.2) is 13.7 Å². The van der Waals surface area contributed by atoms with Gasteiger partial charge in [-0.05, 0) is 30.9 Å². The number of ether oxygens (including phenoxy) is 1. The average Bonchev–Trinajstić information content (AvgIpc) is 2.64. The van der Waals surface area contributed by atoms with Crippen molar-refractivity contribution in [1.82, 2.24) is 0 Å². The summed E-state index contributed by atoms with van der Waals surface area (Å²) in [5.41, 5.74) is 0.843. The van der Waals surface area contributed by atoms with Crippen LogP contribution >= 0.6 is 0 Å². The molecule has 1 rings (SSSR count). The summed E-state index contributed by atoms with van der Waals surface area (Å²) < 4.78 is 5.42. The SMILES string of the molecule is COc1c(NCC(C)CCCC#N)cccc1C(C#N)=C(C#N)C#N. The molecule has 1 N–H and O–H groups in total. The van der Waals surface area contributed by atoms with Crippen molar-refractivity contribution in [3.63, 3.8) is 0 Å². The number of rotatable bonds is 8. The maximum absolute atomic E-state index is 9.35. The van der Waals surface area contributed by atoms with Crippen LogP contribution in [0, 0.1) is 51.2 Å². The van der Waals surface area contributed by atoms with Crippen molar-refractivity contribution in [3.05, 3.63) is 29.3 Å². The van der Waals surface area contributed by atoms with Gasteiger partial charge in [0.05, 0.1) is 24.4 Å². The summed E-state index contributed by atoms with van der Waals surface area (Å²) in [7, 11) is 1.48. The lowest BCUT2D eigenvalue weighted by molar-refractivity contribution is 0.414.